The lowest BCUT2D eigenvalue weighted by atomic mass is 10.1. The minimum Gasteiger partial charge on any atom is -0.481 e. The first-order valence-corrected chi connectivity index (χ1v) is 7.67. The van der Waals surface area contributed by atoms with Gasteiger partial charge in [-0.1, -0.05) is 0 Å². The second-order valence-electron chi connectivity index (χ2n) is 5.94. The summed E-state index contributed by atoms with van der Waals surface area (Å²) in [6, 6.07) is 5.80. The molecule has 0 radical (unpaired) electrons. The molecule has 1 N–H and O–H groups in total. The van der Waals surface area contributed by atoms with Gasteiger partial charge in [0.1, 0.15) is 5.69 Å². The number of nitro benzene ring substituents is 1. The molecule has 2 aromatic rings. The number of carboxylic acid groups (broad SMARTS) is 1. The number of carboxylic acids is 1. The van der Waals surface area contributed by atoms with Gasteiger partial charge in [-0.2, -0.15) is 5.10 Å². The first kappa shape index (κ1) is 16.6. The van der Waals surface area contributed by atoms with E-state index in [1.165, 1.54) is 21.7 Å². The Labute approximate surface area is 142 Å². The SMILES string of the molecule is Cn1cc(C(=O)N2CCC(C(=O)O)C2)c(-c2ccc([N+](=O)[O-])cc2)n1. The van der Waals surface area contributed by atoms with Gasteiger partial charge in [0.05, 0.1) is 16.4 Å². The minimum absolute atomic E-state index is 0.0450. The fourth-order valence-corrected chi connectivity index (χ4v) is 2.92. The maximum absolute atomic E-state index is 12.8. The molecule has 25 heavy (non-hydrogen) atoms. The molecule has 0 bridgehead atoms. The number of aromatic nitrogens is 2. The number of carbonyl (C=O) groups is 2. The summed E-state index contributed by atoms with van der Waals surface area (Å²) in [6.45, 7) is 0.549. The normalized spacial score (nSPS) is 16.8. The van der Waals surface area contributed by atoms with Crippen LogP contribution >= 0.6 is 0 Å². The molecule has 1 aromatic carbocycles. The molecule has 2 heterocycles. The van der Waals surface area contributed by atoms with E-state index in [9.17, 15) is 19.7 Å². The van der Waals surface area contributed by atoms with Crippen molar-refractivity contribution < 1.29 is 19.6 Å². The van der Waals surface area contributed by atoms with Crippen LogP contribution in [0.2, 0.25) is 0 Å². The molecule has 0 aliphatic carbocycles. The van der Waals surface area contributed by atoms with Gasteiger partial charge in [-0.15, -0.1) is 0 Å². The van der Waals surface area contributed by atoms with E-state index in [4.69, 9.17) is 5.11 Å². The maximum atomic E-state index is 12.8. The van der Waals surface area contributed by atoms with E-state index in [1.54, 1.807) is 25.4 Å². The molecule has 1 amide bonds. The number of amides is 1. The van der Waals surface area contributed by atoms with Crippen molar-refractivity contribution in [1.29, 1.82) is 0 Å². The molecule has 1 aliphatic heterocycles. The third-order valence-electron chi connectivity index (χ3n) is 4.24. The number of carbonyl (C=O) groups excluding carboxylic acids is 1. The Morgan fingerprint density at radius 2 is 2.00 bits per heavy atom. The number of benzene rings is 1. The van der Waals surface area contributed by atoms with Gasteiger partial charge < -0.3 is 10.0 Å². The zero-order chi connectivity index (χ0) is 18.1. The molecular formula is C16H16N4O5. The summed E-state index contributed by atoms with van der Waals surface area (Å²) in [5, 5.41) is 24.1. The Hall–Kier alpha value is -3.23. The van der Waals surface area contributed by atoms with Crippen molar-refractivity contribution >= 4 is 17.6 Å². The molecule has 1 aromatic heterocycles. The van der Waals surface area contributed by atoms with Crippen LogP contribution in [0.5, 0.6) is 0 Å². The molecule has 1 fully saturated rings. The second kappa shape index (κ2) is 6.34. The highest BCUT2D eigenvalue weighted by atomic mass is 16.6. The van der Waals surface area contributed by atoms with Crippen molar-refractivity contribution in [2.24, 2.45) is 13.0 Å². The Bertz CT molecular complexity index is 843. The van der Waals surface area contributed by atoms with Crippen LogP contribution in [0, 0.1) is 16.0 Å². The van der Waals surface area contributed by atoms with E-state index in [0.717, 1.165) is 0 Å². The predicted octanol–water partition coefficient (Wildman–Crippen LogP) is 1.54. The van der Waals surface area contributed by atoms with E-state index in [0.29, 0.717) is 29.8 Å². The number of nitro groups is 1. The zero-order valence-electron chi connectivity index (χ0n) is 13.5. The van der Waals surface area contributed by atoms with Crippen molar-refractivity contribution in [3.63, 3.8) is 0 Å². The van der Waals surface area contributed by atoms with Crippen LogP contribution in [0.1, 0.15) is 16.8 Å². The summed E-state index contributed by atoms with van der Waals surface area (Å²) in [4.78, 5) is 35.6. The number of likely N-dealkylation sites (tertiary alicyclic amines) is 1. The number of aliphatic carboxylic acids is 1. The van der Waals surface area contributed by atoms with Gasteiger partial charge in [0.25, 0.3) is 11.6 Å². The van der Waals surface area contributed by atoms with Crippen LogP contribution in [0.3, 0.4) is 0 Å². The molecular weight excluding hydrogens is 328 g/mol. The molecule has 1 unspecified atom stereocenters. The first-order chi connectivity index (χ1) is 11.9. The van der Waals surface area contributed by atoms with Crippen LogP contribution in [0.15, 0.2) is 30.5 Å². The van der Waals surface area contributed by atoms with Crippen LogP contribution in [0.25, 0.3) is 11.3 Å². The summed E-state index contributed by atoms with van der Waals surface area (Å²) in [5.74, 6) is -1.74. The topological polar surface area (TPSA) is 119 Å². The number of nitrogens with zero attached hydrogens (tertiary/aromatic N) is 4. The number of hydrogen-bond donors (Lipinski definition) is 1. The number of non-ortho nitro benzene ring substituents is 1. The fraction of sp³-hybridized carbons (Fsp3) is 0.312. The van der Waals surface area contributed by atoms with Gasteiger partial charge in [0.2, 0.25) is 0 Å². The van der Waals surface area contributed by atoms with Gasteiger partial charge in [-0.25, -0.2) is 0 Å². The first-order valence-electron chi connectivity index (χ1n) is 7.67. The largest absolute Gasteiger partial charge is 0.481 e. The fourth-order valence-electron chi connectivity index (χ4n) is 2.92. The van der Waals surface area contributed by atoms with E-state index in [-0.39, 0.29) is 18.1 Å². The average molecular weight is 344 g/mol. The molecule has 0 spiro atoms. The summed E-state index contributed by atoms with van der Waals surface area (Å²) in [7, 11) is 1.68. The van der Waals surface area contributed by atoms with E-state index >= 15 is 0 Å². The smallest absolute Gasteiger partial charge is 0.308 e. The standard InChI is InChI=1S/C16H16N4O5/c1-18-9-13(15(21)19-7-6-11(8-19)16(22)23)14(17-18)10-2-4-12(5-3-10)20(24)25/h2-5,9,11H,6-8H2,1H3,(H,22,23). The van der Waals surface area contributed by atoms with Crippen molar-refractivity contribution in [2.75, 3.05) is 13.1 Å². The summed E-state index contributed by atoms with van der Waals surface area (Å²) in [5.41, 5.74) is 1.31. The Morgan fingerprint density at radius 3 is 2.56 bits per heavy atom. The summed E-state index contributed by atoms with van der Waals surface area (Å²) in [6.07, 6.45) is 2.00. The predicted molar refractivity (Wildman–Crippen MR) is 86.9 cm³/mol. The Balaban J connectivity index is 1.89. The van der Waals surface area contributed by atoms with Crippen LogP contribution in [-0.4, -0.2) is 49.7 Å². The van der Waals surface area contributed by atoms with E-state index in [1.807, 2.05) is 0 Å². The highest BCUT2D eigenvalue weighted by Gasteiger charge is 2.33. The summed E-state index contributed by atoms with van der Waals surface area (Å²) < 4.78 is 1.49. The van der Waals surface area contributed by atoms with Crippen molar-refractivity contribution in [1.82, 2.24) is 14.7 Å². The van der Waals surface area contributed by atoms with E-state index < -0.39 is 16.8 Å². The summed E-state index contributed by atoms with van der Waals surface area (Å²) >= 11 is 0. The number of aryl methyl sites for hydroxylation is 1. The van der Waals surface area contributed by atoms with Crippen molar-refractivity contribution in [3.8, 4) is 11.3 Å². The highest BCUT2D eigenvalue weighted by molar-refractivity contribution is 6.00. The lowest BCUT2D eigenvalue weighted by molar-refractivity contribution is -0.384. The molecule has 130 valence electrons. The van der Waals surface area contributed by atoms with Crippen molar-refractivity contribution in [2.45, 2.75) is 6.42 Å². The Morgan fingerprint density at radius 1 is 1.32 bits per heavy atom. The Kier molecular flexibility index (Phi) is 4.22. The van der Waals surface area contributed by atoms with E-state index in [2.05, 4.69) is 5.10 Å². The van der Waals surface area contributed by atoms with Gasteiger partial charge in [0, 0.05) is 44.0 Å². The molecule has 1 atom stereocenters. The highest BCUT2D eigenvalue weighted by Crippen LogP contribution is 2.27. The third kappa shape index (κ3) is 3.21. The minimum atomic E-state index is -0.905. The maximum Gasteiger partial charge on any atom is 0.308 e. The quantitative estimate of drug-likeness (QED) is 0.664. The van der Waals surface area contributed by atoms with Crippen LogP contribution < -0.4 is 0 Å². The lowest BCUT2D eigenvalue weighted by Gasteiger charge is -2.15. The molecule has 0 saturated carbocycles. The number of rotatable bonds is 4. The third-order valence-corrected chi connectivity index (χ3v) is 4.24. The zero-order valence-corrected chi connectivity index (χ0v) is 13.5. The molecule has 9 heteroatoms. The average Bonchev–Trinajstić information content (AvgIpc) is 3.21. The monoisotopic (exact) mass is 344 g/mol. The number of hydrogen-bond acceptors (Lipinski definition) is 5. The van der Waals surface area contributed by atoms with Gasteiger partial charge in [-0.05, 0) is 18.6 Å². The van der Waals surface area contributed by atoms with Crippen LogP contribution in [0.4, 0.5) is 5.69 Å². The molecule has 9 nitrogen and oxygen atoms in total. The molecule has 1 aliphatic rings. The van der Waals surface area contributed by atoms with Crippen molar-refractivity contribution in [3.05, 3.63) is 46.1 Å². The second-order valence-corrected chi connectivity index (χ2v) is 5.94. The van der Waals surface area contributed by atoms with Crippen LogP contribution in [-0.2, 0) is 11.8 Å². The van der Waals surface area contributed by atoms with Gasteiger partial charge in [0.15, 0.2) is 0 Å². The molecule has 1 saturated heterocycles. The van der Waals surface area contributed by atoms with Gasteiger partial charge >= 0.3 is 5.97 Å². The molecule has 3 rings (SSSR count). The van der Waals surface area contributed by atoms with Gasteiger partial charge in [-0.3, -0.25) is 24.4 Å². The lowest BCUT2D eigenvalue weighted by Crippen LogP contribution is -2.30.